The molecule has 1 aliphatic rings. The molecule has 1 aromatic heterocycles. The van der Waals surface area contributed by atoms with Gasteiger partial charge in [-0.05, 0) is 60.1 Å². The summed E-state index contributed by atoms with van der Waals surface area (Å²) in [6.07, 6.45) is 2.39. The molecule has 0 bridgehead atoms. The molecule has 1 saturated heterocycles. The minimum Gasteiger partial charge on any atom is -0.497 e. The van der Waals surface area contributed by atoms with Gasteiger partial charge < -0.3 is 15.0 Å². The van der Waals surface area contributed by atoms with Gasteiger partial charge in [-0.3, -0.25) is 0 Å². The maximum absolute atomic E-state index is 5.29. The van der Waals surface area contributed by atoms with E-state index in [9.17, 15) is 0 Å². The van der Waals surface area contributed by atoms with Crippen molar-refractivity contribution >= 4 is 26.8 Å². The van der Waals surface area contributed by atoms with E-state index in [4.69, 9.17) is 4.74 Å². The lowest BCUT2D eigenvalue weighted by molar-refractivity contribution is 0.415. The van der Waals surface area contributed by atoms with Gasteiger partial charge in [0.25, 0.3) is 0 Å². The first kappa shape index (κ1) is 12.1. The van der Waals surface area contributed by atoms with Crippen LogP contribution in [0.3, 0.4) is 0 Å². The Bertz CT molecular complexity index is 558. The Balaban J connectivity index is 2.04. The first-order valence-corrected chi connectivity index (χ1v) is 7.14. The minimum absolute atomic E-state index is 0.624. The van der Waals surface area contributed by atoms with Gasteiger partial charge in [-0.15, -0.1) is 0 Å². The Kier molecular flexibility index (Phi) is 3.31. The number of benzene rings is 1. The van der Waals surface area contributed by atoms with E-state index < -0.39 is 0 Å². The molecule has 3 rings (SSSR count). The third kappa shape index (κ3) is 2.04. The van der Waals surface area contributed by atoms with Crippen LogP contribution in [0.1, 0.15) is 24.5 Å². The van der Waals surface area contributed by atoms with Crippen LogP contribution < -0.4 is 10.1 Å². The number of fused-ring (bicyclic) bond motifs is 1. The van der Waals surface area contributed by atoms with E-state index in [1.54, 1.807) is 7.11 Å². The van der Waals surface area contributed by atoms with Crippen molar-refractivity contribution in [3.63, 3.8) is 0 Å². The first-order chi connectivity index (χ1) is 8.79. The average molecular weight is 309 g/mol. The summed E-state index contributed by atoms with van der Waals surface area (Å²) in [5, 5.41) is 4.62. The van der Waals surface area contributed by atoms with Crippen molar-refractivity contribution in [2.45, 2.75) is 18.8 Å². The lowest BCUT2D eigenvalue weighted by Gasteiger charge is -2.22. The van der Waals surface area contributed by atoms with E-state index in [1.165, 1.54) is 33.9 Å². The highest BCUT2D eigenvalue weighted by Crippen LogP contribution is 2.37. The van der Waals surface area contributed by atoms with Crippen LogP contribution in [0.2, 0.25) is 0 Å². The fourth-order valence-electron chi connectivity index (χ4n) is 2.68. The normalized spacial score (nSPS) is 17.2. The third-order valence-electron chi connectivity index (χ3n) is 3.72. The van der Waals surface area contributed by atoms with Gasteiger partial charge in [0.2, 0.25) is 0 Å². The molecular weight excluding hydrogens is 292 g/mol. The SMILES string of the molecule is COc1ccc2[nH]c(C3CCNCC3)c(Br)c2c1. The van der Waals surface area contributed by atoms with Crippen LogP contribution in [0.4, 0.5) is 0 Å². The number of ether oxygens (including phenoxy) is 1. The van der Waals surface area contributed by atoms with E-state index in [1.807, 2.05) is 6.07 Å². The number of rotatable bonds is 2. The van der Waals surface area contributed by atoms with Crippen LogP contribution in [-0.4, -0.2) is 25.2 Å². The number of aromatic amines is 1. The highest BCUT2D eigenvalue weighted by molar-refractivity contribution is 9.10. The van der Waals surface area contributed by atoms with E-state index in [2.05, 4.69) is 38.4 Å². The Hall–Kier alpha value is -1.00. The number of aromatic nitrogens is 1. The summed E-state index contributed by atoms with van der Waals surface area (Å²) in [4.78, 5) is 3.55. The molecule has 96 valence electrons. The quantitative estimate of drug-likeness (QED) is 0.892. The van der Waals surface area contributed by atoms with Gasteiger partial charge in [-0.25, -0.2) is 0 Å². The Morgan fingerprint density at radius 1 is 1.28 bits per heavy atom. The van der Waals surface area contributed by atoms with Gasteiger partial charge in [0.15, 0.2) is 0 Å². The highest BCUT2D eigenvalue weighted by atomic mass is 79.9. The van der Waals surface area contributed by atoms with E-state index >= 15 is 0 Å². The number of methoxy groups -OCH3 is 1. The Labute approximate surface area is 115 Å². The van der Waals surface area contributed by atoms with E-state index in [0.717, 1.165) is 18.8 Å². The van der Waals surface area contributed by atoms with Crippen LogP contribution in [0.5, 0.6) is 5.75 Å². The molecule has 1 fully saturated rings. The fourth-order valence-corrected chi connectivity index (χ4v) is 3.43. The van der Waals surface area contributed by atoms with Gasteiger partial charge in [-0.2, -0.15) is 0 Å². The zero-order valence-corrected chi connectivity index (χ0v) is 12.0. The van der Waals surface area contributed by atoms with Crippen molar-refractivity contribution in [1.29, 1.82) is 0 Å². The summed E-state index contributed by atoms with van der Waals surface area (Å²) in [7, 11) is 1.70. The monoisotopic (exact) mass is 308 g/mol. The summed E-state index contributed by atoms with van der Waals surface area (Å²) >= 11 is 3.74. The molecule has 3 nitrogen and oxygen atoms in total. The van der Waals surface area contributed by atoms with Crippen LogP contribution in [-0.2, 0) is 0 Å². The van der Waals surface area contributed by atoms with Crippen molar-refractivity contribution in [3.05, 3.63) is 28.4 Å². The van der Waals surface area contributed by atoms with Crippen LogP contribution in [0.15, 0.2) is 22.7 Å². The van der Waals surface area contributed by atoms with Crippen molar-refractivity contribution in [2.24, 2.45) is 0 Å². The predicted molar refractivity (Wildman–Crippen MR) is 77.4 cm³/mol. The number of piperidine rings is 1. The van der Waals surface area contributed by atoms with Crippen LogP contribution >= 0.6 is 15.9 Å². The van der Waals surface area contributed by atoms with Crippen LogP contribution in [0, 0.1) is 0 Å². The molecule has 0 radical (unpaired) electrons. The maximum Gasteiger partial charge on any atom is 0.119 e. The summed E-state index contributed by atoms with van der Waals surface area (Å²) in [5.74, 6) is 1.53. The molecule has 18 heavy (non-hydrogen) atoms. The van der Waals surface area contributed by atoms with Gasteiger partial charge in [-0.1, -0.05) is 0 Å². The molecule has 0 saturated carbocycles. The van der Waals surface area contributed by atoms with Crippen molar-refractivity contribution in [3.8, 4) is 5.75 Å². The van der Waals surface area contributed by atoms with Gasteiger partial charge >= 0.3 is 0 Å². The van der Waals surface area contributed by atoms with Crippen molar-refractivity contribution in [1.82, 2.24) is 10.3 Å². The second-order valence-corrected chi connectivity index (χ2v) is 5.58. The van der Waals surface area contributed by atoms with E-state index in [0.29, 0.717) is 5.92 Å². The smallest absolute Gasteiger partial charge is 0.119 e. The number of hydrogen-bond donors (Lipinski definition) is 2. The number of nitrogens with one attached hydrogen (secondary N) is 2. The van der Waals surface area contributed by atoms with E-state index in [-0.39, 0.29) is 0 Å². The lowest BCUT2D eigenvalue weighted by atomic mass is 9.95. The Morgan fingerprint density at radius 3 is 2.78 bits per heavy atom. The van der Waals surface area contributed by atoms with Gasteiger partial charge in [0.1, 0.15) is 5.75 Å². The van der Waals surface area contributed by atoms with Crippen molar-refractivity contribution < 1.29 is 4.74 Å². The highest BCUT2D eigenvalue weighted by Gasteiger charge is 2.21. The Morgan fingerprint density at radius 2 is 2.06 bits per heavy atom. The molecule has 2 aromatic rings. The van der Waals surface area contributed by atoms with Gasteiger partial charge in [0.05, 0.1) is 7.11 Å². The average Bonchev–Trinajstić information content (AvgIpc) is 2.77. The number of hydrogen-bond acceptors (Lipinski definition) is 2. The molecule has 0 spiro atoms. The molecular formula is C14H17BrN2O. The molecule has 2 heterocycles. The minimum atomic E-state index is 0.624. The molecule has 0 atom stereocenters. The maximum atomic E-state index is 5.29. The standard InChI is InChI=1S/C14H17BrN2O/c1-18-10-2-3-12-11(8-10)13(15)14(17-12)9-4-6-16-7-5-9/h2-3,8-9,16-17H,4-7H2,1H3. The fraction of sp³-hybridized carbons (Fsp3) is 0.429. The molecule has 1 aromatic carbocycles. The van der Waals surface area contributed by atoms with Crippen LogP contribution in [0.25, 0.3) is 10.9 Å². The second-order valence-electron chi connectivity index (χ2n) is 4.79. The summed E-state index contributed by atoms with van der Waals surface area (Å²) in [6, 6.07) is 6.17. The zero-order valence-electron chi connectivity index (χ0n) is 10.4. The molecule has 0 unspecified atom stereocenters. The molecule has 1 aliphatic heterocycles. The van der Waals surface area contributed by atoms with Crippen molar-refractivity contribution in [2.75, 3.05) is 20.2 Å². The third-order valence-corrected chi connectivity index (χ3v) is 4.57. The molecule has 4 heteroatoms. The largest absolute Gasteiger partial charge is 0.497 e. The first-order valence-electron chi connectivity index (χ1n) is 6.35. The summed E-state index contributed by atoms with van der Waals surface area (Å²) in [6.45, 7) is 2.21. The number of halogens is 1. The molecule has 0 amide bonds. The lowest BCUT2D eigenvalue weighted by Crippen LogP contribution is -2.26. The summed E-state index contributed by atoms with van der Waals surface area (Å²) < 4.78 is 6.48. The summed E-state index contributed by atoms with van der Waals surface area (Å²) in [5.41, 5.74) is 2.51. The van der Waals surface area contributed by atoms with Gasteiger partial charge in [0, 0.05) is 27.0 Å². The number of H-pyrrole nitrogens is 1. The molecule has 0 aliphatic carbocycles. The topological polar surface area (TPSA) is 37.0 Å². The second kappa shape index (κ2) is 4.94. The zero-order chi connectivity index (χ0) is 12.5. The molecule has 2 N–H and O–H groups in total. The predicted octanol–water partition coefficient (Wildman–Crippen LogP) is 3.41.